The highest BCUT2D eigenvalue weighted by Crippen LogP contribution is 2.30. The number of halogens is 4. The predicted octanol–water partition coefficient (Wildman–Crippen LogP) is 5.91. The summed E-state index contributed by atoms with van der Waals surface area (Å²) in [6, 6.07) is 10.6. The van der Waals surface area contributed by atoms with Gasteiger partial charge < -0.3 is 5.32 Å². The Kier molecular flexibility index (Phi) is 4.92. The molecule has 5 heteroatoms. The van der Waals surface area contributed by atoms with Crippen molar-refractivity contribution in [3.8, 4) is 0 Å². The Morgan fingerprint density at radius 1 is 1.16 bits per heavy atom. The minimum atomic E-state index is -0.461. The van der Waals surface area contributed by atoms with Crippen molar-refractivity contribution in [2.24, 2.45) is 0 Å². The molecular weight excluding hydrogens is 399 g/mol. The Hall–Kier alpha value is -0.520. The molecule has 2 aromatic carbocycles. The lowest BCUT2D eigenvalue weighted by Crippen LogP contribution is -2.07. The molecule has 1 nitrogen and oxygen atoms in total. The largest absolute Gasteiger partial charge is 0.378 e. The van der Waals surface area contributed by atoms with Crippen LogP contribution in [0.25, 0.3) is 0 Å². The fourth-order valence-electron chi connectivity index (χ4n) is 1.78. The summed E-state index contributed by atoms with van der Waals surface area (Å²) < 4.78 is 14.6. The highest BCUT2D eigenvalue weighted by atomic mass is 127. The molecule has 0 aliphatic rings. The fourth-order valence-corrected chi connectivity index (χ4v) is 2.87. The van der Waals surface area contributed by atoms with Crippen LogP contribution in [0.2, 0.25) is 10.0 Å². The van der Waals surface area contributed by atoms with Gasteiger partial charge in [0.25, 0.3) is 0 Å². The van der Waals surface area contributed by atoms with Crippen molar-refractivity contribution in [3.05, 3.63) is 61.4 Å². The van der Waals surface area contributed by atoms with Crippen LogP contribution in [0.1, 0.15) is 18.5 Å². The van der Waals surface area contributed by atoms with Gasteiger partial charge in [-0.1, -0.05) is 29.3 Å². The molecule has 1 unspecified atom stereocenters. The second-order valence-electron chi connectivity index (χ2n) is 4.16. The standard InChI is InChI=1S/C14H11Cl2FIN/c1-8(19-10-4-2-3-9(18)5-10)11-6-14(17)13(16)7-12(11)15/h2-8,19H,1H3. The van der Waals surface area contributed by atoms with E-state index in [4.69, 9.17) is 23.2 Å². The number of rotatable bonds is 3. The molecule has 0 saturated heterocycles. The molecule has 0 amide bonds. The van der Waals surface area contributed by atoms with Gasteiger partial charge in [-0.2, -0.15) is 0 Å². The molecule has 0 aliphatic carbocycles. The average molecular weight is 410 g/mol. The second-order valence-corrected chi connectivity index (χ2v) is 6.22. The van der Waals surface area contributed by atoms with E-state index in [0.717, 1.165) is 9.26 Å². The average Bonchev–Trinajstić information content (AvgIpc) is 2.33. The van der Waals surface area contributed by atoms with Gasteiger partial charge in [0.2, 0.25) is 0 Å². The molecule has 19 heavy (non-hydrogen) atoms. The quantitative estimate of drug-likeness (QED) is 0.490. The number of benzene rings is 2. The van der Waals surface area contributed by atoms with Crippen LogP contribution in [0, 0.1) is 9.39 Å². The van der Waals surface area contributed by atoms with Crippen molar-refractivity contribution < 1.29 is 4.39 Å². The van der Waals surface area contributed by atoms with E-state index in [0.29, 0.717) is 10.6 Å². The summed E-state index contributed by atoms with van der Waals surface area (Å²) in [4.78, 5) is 0. The first-order valence-corrected chi connectivity index (χ1v) is 7.47. The van der Waals surface area contributed by atoms with Gasteiger partial charge in [0, 0.05) is 14.3 Å². The van der Waals surface area contributed by atoms with E-state index >= 15 is 0 Å². The zero-order valence-corrected chi connectivity index (χ0v) is 13.7. The first kappa shape index (κ1) is 14.9. The third kappa shape index (κ3) is 3.74. The molecule has 0 spiro atoms. The molecule has 2 rings (SSSR count). The summed E-state index contributed by atoms with van der Waals surface area (Å²) in [5.74, 6) is -0.461. The van der Waals surface area contributed by atoms with Crippen molar-refractivity contribution in [1.29, 1.82) is 0 Å². The molecule has 0 fully saturated rings. The Morgan fingerprint density at radius 3 is 2.58 bits per heavy atom. The van der Waals surface area contributed by atoms with Crippen LogP contribution < -0.4 is 5.32 Å². The first-order valence-electron chi connectivity index (χ1n) is 5.64. The Bertz CT molecular complexity index is 604. The molecule has 100 valence electrons. The van der Waals surface area contributed by atoms with Gasteiger partial charge in [-0.3, -0.25) is 0 Å². The van der Waals surface area contributed by atoms with Crippen molar-refractivity contribution in [1.82, 2.24) is 0 Å². The molecule has 1 N–H and O–H groups in total. The predicted molar refractivity (Wildman–Crippen MR) is 87.6 cm³/mol. The van der Waals surface area contributed by atoms with Crippen molar-refractivity contribution in [3.63, 3.8) is 0 Å². The lowest BCUT2D eigenvalue weighted by Gasteiger charge is -2.17. The monoisotopic (exact) mass is 409 g/mol. The molecule has 1 atom stereocenters. The maximum absolute atomic E-state index is 13.5. The third-order valence-corrected chi connectivity index (χ3v) is 4.00. The molecule has 0 saturated carbocycles. The molecule has 0 heterocycles. The van der Waals surface area contributed by atoms with Crippen LogP contribution in [0.5, 0.6) is 0 Å². The van der Waals surface area contributed by atoms with Gasteiger partial charge in [-0.05, 0) is 65.4 Å². The minimum absolute atomic E-state index is 0.0372. The Morgan fingerprint density at radius 2 is 1.89 bits per heavy atom. The molecule has 0 aromatic heterocycles. The summed E-state index contributed by atoms with van der Waals surface area (Å²) in [6.45, 7) is 1.93. The van der Waals surface area contributed by atoms with Crippen LogP contribution >= 0.6 is 45.8 Å². The summed E-state index contributed by atoms with van der Waals surface area (Å²) in [6.07, 6.45) is 0. The van der Waals surface area contributed by atoms with Gasteiger partial charge in [0.1, 0.15) is 5.82 Å². The zero-order chi connectivity index (χ0) is 14.0. The smallest absolute Gasteiger partial charge is 0.142 e. The highest BCUT2D eigenvalue weighted by Gasteiger charge is 2.13. The topological polar surface area (TPSA) is 12.0 Å². The Labute approximate surface area is 135 Å². The lowest BCUT2D eigenvalue weighted by molar-refractivity contribution is 0.624. The normalized spacial score (nSPS) is 12.3. The minimum Gasteiger partial charge on any atom is -0.378 e. The molecule has 0 bridgehead atoms. The van der Waals surface area contributed by atoms with E-state index in [2.05, 4.69) is 27.9 Å². The van der Waals surface area contributed by atoms with Gasteiger partial charge in [0.15, 0.2) is 0 Å². The molecule has 2 aromatic rings. The van der Waals surface area contributed by atoms with Gasteiger partial charge >= 0.3 is 0 Å². The second kappa shape index (κ2) is 6.29. The number of nitrogens with one attached hydrogen (secondary N) is 1. The number of hydrogen-bond donors (Lipinski definition) is 1. The molecule has 0 aliphatic heterocycles. The van der Waals surface area contributed by atoms with Crippen LogP contribution in [0.4, 0.5) is 10.1 Å². The zero-order valence-electron chi connectivity index (χ0n) is 10.1. The van der Waals surface area contributed by atoms with E-state index in [1.165, 1.54) is 12.1 Å². The maximum Gasteiger partial charge on any atom is 0.142 e. The maximum atomic E-state index is 13.5. The van der Waals surface area contributed by atoms with E-state index in [1.807, 2.05) is 31.2 Å². The first-order chi connectivity index (χ1) is 8.97. The number of hydrogen-bond acceptors (Lipinski definition) is 1. The van der Waals surface area contributed by atoms with Gasteiger partial charge in [-0.15, -0.1) is 0 Å². The van der Waals surface area contributed by atoms with Gasteiger partial charge in [-0.25, -0.2) is 4.39 Å². The summed E-state index contributed by atoms with van der Waals surface area (Å²) in [5.41, 5.74) is 1.65. The highest BCUT2D eigenvalue weighted by molar-refractivity contribution is 14.1. The van der Waals surface area contributed by atoms with E-state index in [9.17, 15) is 4.39 Å². The van der Waals surface area contributed by atoms with E-state index in [1.54, 1.807) is 0 Å². The van der Waals surface area contributed by atoms with Gasteiger partial charge in [0.05, 0.1) is 11.1 Å². The molecule has 0 radical (unpaired) electrons. The van der Waals surface area contributed by atoms with E-state index < -0.39 is 5.82 Å². The van der Waals surface area contributed by atoms with Crippen molar-refractivity contribution in [2.45, 2.75) is 13.0 Å². The number of anilines is 1. The van der Waals surface area contributed by atoms with Crippen LogP contribution in [0.3, 0.4) is 0 Å². The van der Waals surface area contributed by atoms with E-state index in [-0.39, 0.29) is 11.1 Å². The lowest BCUT2D eigenvalue weighted by atomic mass is 10.1. The van der Waals surface area contributed by atoms with Crippen LogP contribution in [0.15, 0.2) is 36.4 Å². The molecular formula is C14H11Cl2FIN. The fraction of sp³-hybridized carbons (Fsp3) is 0.143. The van der Waals surface area contributed by atoms with Crippen LogP contribution in [-0.4, -0.2) is 0 Å². The summed E-state index contributed by atoms with van der Waals surface area (Å²) >= 11 is 14.0. The summed E-state index contributed by atoms with van der Waals surface area (Å²) in [5, 5.41) is 3.78. The SMILES string of the molecule is CC(Nc1cccc(I)c1)c1cc(F)c(Cl)cc1Cl. The van der Waals surface area contributed by atoms with Crippen LogP contribution in [-0.2, 0) is 0 Å². The van der Waals surface area contributed by atoms with Crippen molar-refractivity contribution >= 4 is 51.5 Å². The third-order valence-electron chi connectivity index (χ3n) is 2.71. The Balaban J connectivity index is 2.25. The summed E-state index contributed by atoms with van der Waals surface area (Å²) in [7, 11) is 0. The van der Waals surface area contributed by atoms with Crippen molar-refractivity contribution in [2.75, 3.05) is 5.32 Å².